The molecule has 0 radical (unpaired) electrons. The van der Waals surface area contributed by atoms with Crippen molar-refractivity contribution in [1.82, 2.24) is 0 Å². The minimum absolute atomic E-state index is 0.0332. The highest BCUT2D eigenvalue weighted by atomic mass is 16.5. The second kappa shape index (κ2) is 8.44. The molecule has 0 amide bonds. The van der Waals surface area contributed by atoms with Crippen LogP contribution in [-0.2, 0) is 19.1 Å². The van der Waals surface area contributed by atoms with Gasteiger partial charge in [-0.15, -0.1) is 6.58 Å². The Hall–Kier alpha value is -1.16. The molecule has 0 aromatic rings. The van der Waals surface area contributed by atoms with Crippen molar-refractivity contribution in [3.05, 3.63) is 12.7 Å². The fraction of sp³-hybridized carbons (Fsp3) is 0.600. The third-order valence-electron chi connectivity index (χ3n) is 1.41. The average Bonchev–Trinajstić information content (AvgIpc) is 2.16. The number of Topliss-reactive ketones (excluding diaryl/α,β-unsaturated/α-hetero) is 1. The predicted molar refractivity (Wildman–Crippen MR) is 51.9 cm³/mol. The molecule has 0 aliphatic heterocycles. The van der Waals surface area contributed by atoms with Crippen LogP contribution in [0.4, 0.5) is 0 Å². The second-order valence-electron chi connectivity index (χ2n) is 2.65. The Morgan fingerprint density at radius 1 is 1.36 bits per heavy atom. The largest absolute Gasteiger partial charge is 0.466 e. The predicted octanol–water partition coefficient (Wildman–Crippen LogP) is 1.10. The van der Waals surface area contributed by atoms with Gasteiger partial charge in [-0.2, -0.15) is 0 Å². The number of ketones is 1. The maximum absolute atomic E-state index is 11.1. The maximum atomic E-state index is 11.1. The quantitative estimate of drug-likeness (QED) is 0.334. The summed E-state index contributed by atoms with van der Waals surface area (Å²) in [5.41, 5.74) is 0. The van der Waals surface area contributed by atoms with Gasteiger partial charge in [0.15, 0.2) is 5.78 Å². The Morgan fingerprint density at radius 3 is 2.64 bits per heavy atom. The molecule has 0 aromatic heterocycles. The van der Waals surface area contributed by atoms with Crippen LogP contribution in [0.3, 0.4) is 0 Å². The van der Waals surface area contributed by atoms with Gasteiger partial charge in [-0.25, -0.2) is 0 Å². The Balaban J connectivity index is 3.43. The summed E-state index contributed by atoms with van der Waals surface area (Å²) in [7, 11) is 0. The lowest BCUT2D eigenvalue weighted by Gasteiger charge is -2.01. The van der Waals surface area contributed by atoms with E-state index in [4.69, 9.17) is 4.74 Å². The third-order valence-corrected chi connectivity index (χ3v) is 1.41. The highest BCUT2D eigenvalue weighted by molar-refractivity contribution is 5.83. The van der Waals surface area contributed by atoms with E-state index in [0.717, 1.165) is 0 Å². The summed E-state index contributed by atoms with van der Waals surface area (Å²) in [5, 5.41) is 0. The van der Waals surface area contributed by atoms with Crippen LogP contribution < -0.4 is 0 Å². The van der Waals surface area contributed by atoms with Crippen LogP contribution in [0.15, 0.2) is 12.7 Å². The standard InChI is InChI=1S/C10H16O4/c1-3-7-13-8-9(11)5-6-10(12)14-4-2/h3H,1,4-8H2,2H3. The number of hydrogen-bond donors (Lipinski definition) is 0. The zero-order valence-electron chi connectivity index (χ0n) is 8.45. The van der Waals surface area contributed by atoms with Crippen molar-refractivity contribution < 1.29 is 19.1 Å². The average molecular weight is 200 g/mol. The molecule has 14 heavy (non-hydrogen) atoms. The number of hydrogen-bond acceptors (Lipinski definition) is 4. The number of ether oxygens (including phenoxy) is 2. The fourth-order valence-corrected chi connectivity index (χ4v) is 0.803. The van der Waals surface area contributed by atoms with Crippen molar-refractivity contribution >= 4 is 11.8 Å². The van der Waals surface area contributed by atoms with Crippen LogP contribution in [0, 0.1) is 0 Å². The maximum Gasteiger partial charge on any atom is 0.306 e. The Morgan fingerprint density at radius 2 is 2.07 bits per heavy atom. The van der Waals surface area contributed by atoms with E-state index in [-0.39, 0.29) is 31.2 Å². The van der Waals surface area contributed by atoms with Crippen molar-refractivity contribution in [2.45, 2.75) is 19.8 Å². The molecule has 0 saturated carbocycles. The molecule has 0 heterocycles. The van der Waals surface area contributed by atoms with Crippen LogP contribution in [0.5, 0.6) is 0 Å². The number of esters is 1. The van der Waals surface area contributed by atoms with Gasteiger partial charge < -0.3 is 9.47 Å². The van der Waals surface area contributed by atoms with E-state index in [1.165, 1.54) is 0 Å². The molecule has 4 nitrogen and oxygen atoms in total. The zero-order valence-corrected chi connectivity index (χ0v) is 8.45. The van der Waals surface area contributed by atoms with Crippen molar-refractivity contribution in [3.8, 4) is 0 Å². The zero-order chi connectivity index (χ0) is 10.8. The number of carbonyl (C=O) groups excluding carboxylic acids is 2. The molecule has 0 rings (SSSR count). The van der Waals surface area contributed by atoms with Gasteiger partial charge in [-0.05, 0) is 6.92 Å². The van der Waals surface area contributed by atoms with E-state index in [1.807, 2.05) is 0 Å². The van der Waals surface area contributed by atoms with Crippen molar-refractivity contribution in [2.24, 2.45) is 0 Å². The van der Waals surface area contributed by atoms with Gasteiger partial charge in [0.05, 0.1) is 19.6 Å². The van der Waals surface area contributed by atoms with Gasteiger partial charge in [-0.1, -0.05) is 6.08 Å². The highest BCUT2D eigenvalue weighted by Gasteiger charge is 2.06. The van der Waals surface area contributed by atoms with E-state index in [0.29, 0.717) is 13.2 Å². The summed E-state index contributed by atoms with van der Waals surface area (Å²) >= 11 is 0. The monoisotopic (exact) mass is 200 g/mol. The van der Waals surface area contributed by atoms with E-state index < -0.39 is 0 Å². The summed E-state index contributed by atoms with van der Waals surface area (Å²) in [5.74, 6) is -0.440. The SMILES string of the molecule is C=CCOCC(=O)CCC(=O)OCC. The normalized spacial score (nSPS) is 9.50. The molecule has 0 atom stereocenters. The second-order valence-corrected chi connectivity index (χ2v) is 2.65. The Bertz CT molecular complexity index is 198. The van der Waals surface area contributed by atoms with Gasteiger partial charge in [-0.3, -0.25) is 9.59 Å². The first-order chi connectivity index (χ1) is 6.70. The summed E-state index contributed by atoms with van der Waals surface area (Å²) in [6.07, 6.45) is 1.87. The van der Waals surface area contributed by atoms with Crippen LogP contribution in [0.1, 0.15) is 19.8 Å². The Kier molecular flexibility index (Phi) is 7.74. The molecule has 0 unspecified atom stereocenters. The van der Waals surface area contributed by atoms with Crippen LogP contribution in [-0.4, -0.2) is 31.6 Å². The molecule has 0 aromatic carbocycles. The smallest absolute Gasteiger partial charge is 0.306 e. The first kappa shape index (κ1) is 12.8. The van der Waals surface area contributed by atoms with Crippen LogP contribution >= 0.6 is 0 Å². The lowest BCUT2D eigenvalue weighted by molar-refractivity contribution is -0.144. The Labute approximate surface area is 83.9 Å². The molecule has 0 aliphatic rings. The minimum atomic E-state index is -0.343. The molecule has 80 valence electrons. The molecule has 0 aliphatic carbocycles. The van der Waals surface area contributed by atoms with Crippen molar-refractivity contribution in [1.29, 1.82) is 0 Å². The van der Waals surface area contributed by atoms with Crippen LogP contribution in [0.25, 0.3) is 0 Å². The van der Waals surface area contributed by atoms with Gasteiger partial charge in [0.2, 0.25) is 0 Å². The molecular formula is C10H16O4. The topological polar surface area (TPSA) is 52.6 Å². The van der Waals surface area contributed by atoms with E-state index in [9.17, 15) is 9.59 Å². The molecule has 0 N–H and O–H groups in total. The first-order valence-corrected chi connectivity index (χ1v) is 4.56. The molecular weight excluding hydrogens is 184 g/mol. The minimum Gasteiger partial charge on any atom is -0.466 e. The van der Waals surface area contributed by atoms with Gasteiger partial charge in [0, 0.05) is 6.42 Å². The summed E-state index contributed by atoms with van der Waals surface area (Å²) < 4.78 is 9.59. The lowest BCUT2D eigenvalue weighted by atomic mass is 10.2. The molecule has 4 heteroatoms. The number of carbonyl (C=O) groups is 2. The van der Waals surface area contributed by atoms with Gasteiger partial charge in [0.25, 0.3) is 0 Å². The van der Waals surface area contributed by atoms with Crippen LogP contribution in [0.2, 0.25) is 0 Å². The number of rotatable bonds is 8. The lowest BCUT2D eigenvalue weighted by Crippen LogP contribution is -2.12. The molecule has 0 saturated heterocycles. The summed E-state index contributed by atoms with van der Waals surface area (Å²) in [6.45, 7) is 5.91. The van der Waals surface area contributed by atoms with E-state index in [2.05, 4.69) is 11.3 Å². The summed E-state index contributed by atoms with van der Waals surface area (Å²) in [6, 6.07) is 0. The highest BCUT2D eigenvalue weighted by Crippen LogP contribution is 1.95. The van der Waals surface area contributed by atoms with E-state index in [1.54, 1.807) is 13.0 Å². The van der Waals surface area contributed by atoms with E-state index >= 15 is 0 Å². The summed E-state index contributed by atoms with van der Waals surface area (Å²) in [4.78, 5) is 21.9. The van der Waals surface area contributed by atoms with Crippen molar-refractivity contribution in [2.75, 3.05) is 19.8 Å². The molecule has 0 fully saturated rings. The van der Waals surface area contributed by atoms with Gasteiger partial charge >= 0.3 is 5.97 Å². The first-order valence-electron chi connectivity index (χ1n) is 4.56. The third kappa shape index (κ3) is 7.49. The van der Waals surface area contributed by atoms with Gasteiger partial charge in [0.1, 0.15) is 6.61 Å². The van der Waals surface area contributed by atoms with Crippen molar-refractivity contribution in [3.63, 3.8) is 0 Å². The molecule has 0 spiro atoms. The molecule has 0 bridgehead atoms. The fourth-order valence-electron chi connectivity index (χ4n) is 0.803.